The van der Waals surface area contributed by atoms with Crippen LogP contribution in [0.3, 0.4) is 0 Å². The molecule has 5 nitrogen and oxygen atoms in total. The molecule has 0 aliphatic carbocycles. The molecule has 7 heteroatoms. The zero-order valence-electron chi connectivity index (χ0n) is 13.8. The molecule has 1 heterocycles. The smallest absolute Gasteiger partial charge is 0.279 e. The predicted octanol–water partition coefficient (Wildman–Crippen LogP) is 2.13. The topological polar surface area (TPSA) is 52.7 Å². The van der Waals surface area contributed by atoms with E-state index in [1.54, 1.807) is 4.31 Å². The molecule has 0 atom stereocenters. The Hall–Kier alpha value is -0.660. The highest BCUT2D eigenvalue weighted by Gasteiger charge is 2.26. The number of halogens is 1. The number of nitrogens with one attached hydrogen (secondary N) is 1. The molecule has 0 unspecified atom stereocenters. The summed E-state index contributed by atoms with van der Waals surface area (Å²) in [4.78, 5) is 2.33. The van der Waals surface area contributed by atoms with Crippen molar-refractivity contribution in [3.8, 4) is 0 Å². The van der Waals surface area contributed by atoms with Crippen LogP contribution in [0.4, 0.5) is 0 Å². The van der Waals surface area contributed by atoms with E-state index < -0.39 is 10.2 Å². The van der Waals surface area contributed by atoms with Gasteiger partial charge in [0.25, 0.3) is 10.2 Å². The van der Waals surface area contributed by atoms with Crippen molar-refractivity contribution >= 4 is 21.8 Å². The first-order chi connectivity index (χ1) is 10.9. The van der Waals surface area contributed by atoms with Crippen LogP contribution in [0.15, 0.2) is 24.3 Å². The molecule has 0 radical (unpaired) electrons. The first kappa shape index (κ1) is 18.7. The van der Waals surface area contributed by atoms with Crippen molar-refractivity contribution in [2.75, 3.05) is 32.7 Å². The average Bonchev–Trinajstić information content (AvgIpc) is 2.48. The SMILES string of the molecule is CC(C)NS(=O)(=O)N1CCN(CCCc2ccc(Cl)cc2)CC1. The van der Waals surface area contributed by atoms with Gasteiger partial charge in [-0.1, -0.05) is 23.7 Å². The van der Waals surface area contributed by atoms with Gasteiger partial charge in [0, 0.05) is 37.2 Å². The molecule has 0 saturated carbocycles. The van der Waals surface area contributed by atoms with Crippen molar-refractivity contribution in [1.29, 1.82) is 0 Å². The van der Waals surface area contributed by atoms with Crippen LogP contribution in [0.25, 0.3) is 0 Å². The number of piperazine rings is 1. The van der Waals surface area contributed by atoms with Gasteiger partial charge in [0.1, 0.15) is 0 Å². The van der Waals surface area contributed by atoms with Gasteiger partial charge in [-0.25, -0.2) is 0 Å². The van der Waals surface area contributed by atoms with Gasteiger partial charge < -0.3 is 4.90 Å². The Morgan fingerprint density at radius 3 is 2.30 bits per heavy atom. The van der Waals surface area contributed by atoms with Crippen LogP contribution in [0, 0.1) is 0 Å². The van der Waals surface area contributed by atoms with Gasteiger partial charge in [0.2, 0.25) is 0 Å². The van der Waals surface area contributed by atoms with Crippen LogP contribution in [0.2, 0.25) is 5.02 Å². The molecule has 23 heavy (non-hydrogen) atoms. The van der Waals surface area contributed by atoms with E-state index in [0.29, 0.717) is 13.1 Å². The molecule has 0 amide bonds. The first-order valence-electron chi connectivity index (χ1n) is 8.11. The second-order valence-electron chi connectivity index (χ2n) is 6.25. The number of hydrogen-bond acceptors (Lipinski definition) is 3. The molecule has 1 aliphatic rings. The fourth-order valence-electron chi connectivity index (χ4n) is 2.72. The highest BCUT2D eigenvalue weighted by Crippen LogP contribution is 2.12. The summed E-state index contributed by atoms with van der Waals surface area (Å²) in [6, 6.07) is 7.89. The minimum Gasteiger partial charge on any atom is -0.301 e. The Balaban J connectivity index is 1.71. The summed E-state index contributed by atoms with van der Waals surface area (Å²) >= 11 is 5.88. The maximum absolute atomic E-state index is 12.1. The molecule has 1 aliphatic heterocycles. The summed E-state index contributed by atoms with van der Waals surface area (Å²) in [5.74, 6) is 0. The van der Waals surface area contributed by atoms with E-state index in [0.717, 1.165) is 37.5 Å². The number of hydrogen-bond donors (Lipinski definition) is 1. The highest BCUT2D eigenvalue weighted by molar-refractivity contribution is 7.87. The molecule has 1 fully saturated rings. The lowest BCUT2D eigenvalue weighted by atomic mass is 10.1. The molecule has 1 aromatic rings. The van der Waals surface area contributed by atoms with Crippen molar-refractivity contribution in [3.63, 3.8) is 0 Å². The van der Waals surface area contributed by atoms with E-state index in [2.05, 4.69) is 21.8 Å². The Bertz CT molecular complexity index is 582. The molecule has 1 aromatic carbocycles. The summed E-state index contributed by atoms with van der Waals surface area (Å²) < 4.78 is 28.4. The number of benzene rings is 1. The molecule has 1 saturated heterocycles. The molecule has 0 bridgehead atoms. The third-order valence-electron chi connectivity index (χ3n) is 3.91. The fraction of sp³-hybridized carbons (Fsp3) is 0.625. The van der Waals surface area contributed by atoms with Crippen molar-refractivity contribution < 1.29 is 8.42 Å². The second kappa shape index (κ2) is 8.44. The highest BCUT2D eigenvalue weighted by atomic mass is 35.5. The van der Waals surface area contributed by atoms with Gasteiger partial charge >= 0.3 is 0 Å². The lowest BCUT2D eigenvalue weighted by Gasteiger charge is -2.34. The van der Waals surface area contributed by atoms with E-state index in [1.807, 2.05) is 26.0 Å². The maximum Gasteiger partial charge on any atom is 0.279 e. The molecule has 130 valence electrons. The van der Waals surface area contributed by atoms with E-state index >= 15 is 0 Å². The molecular formula is C16H26ClN3O2S. The quantitative estimate of drug-likeness (QED) is 0.811. The molecular weight excluding hydrogens is 334 g/mol. The number of nitrogens with zero attached hydrogens (tertiary/aromatic N) is 2. The fourth-order valence-corrected chi connectivity index (χ4v) is 4.24. The lowest BCUT2D eigenvalue weighted by molar-refractivity contribution is 0.185. The monoisotopic (exact) mass is 359 g/mol. The Morgan fingerprint density at radius 1 is 1.13 bits per heavy atom. The molecule has 0 spiro atoms. The first-order valence-corrected chi connectivity index (χ1v) is 9.93. The van der Waals surface area contributed by atoms with E-state index in [-0.39, 0.29) is 6.04 Å². The average molecular weight is 360 g/mol. The van der Waals surface area contributed by atoms with Crippen LogP contribution >= 0.6 is 11.6 Å². The molecule has 0 aromatic heterocycles. The Morgan fingerprint density at radius 2 is 1.74 bits per heavy atom. The third-order valence-corrected chi connectivity index (χ3v) is 5.98. The summed E-state index contributed by atoms with van der Waals surface area (Å²) in [5, 5.41) is 0.765. The predicted molar refractivity (Wildman–Crippen MR) is 95.0 cm³/mol. The van der Waals surface area contributed by atoms with Crippen molar-refractivity contribution in [3.05, 3.63) is 34.9 Å². The van der Waals surface area contributed by atoms with Crippen LogP contribution in [0.5, 0.6) is 0 Å². The van der Waals surface area contributed by atoms with Crippen LogP contribution in [0.1, 0.15) is 25.8 Å². The molecule has 2 rings (SSSR count). The molecule has 1 N–H and O–H groups in total. The summed E-state index contributed by atoms with van der Waals surface area (Å²) in [7, 11) is -3.33. The third kappa shape index (κ3) is 6.04. The van der Waals surface area contributed by atoms with Gasteiger partial charge in [-0.05, 0) is 50.9 Å². The van der Waals surface area contributed by atoms with Gasteiger partial charge in [0.05, 0.1) is 0 Å². The van der Waals surface area contributed by atoms with Crippen molar-refractivity contribution in [2.45, 2.75) is 32.7 Å². The largest absolute Gasteiger partial charge is 0.301 e. The number of rotatable bonds is 7. The van der Waals surface area contributed by atoms with Gasteiger partial charge in [-0.15, -0.1) is 0 Å². The van der Waals surface area contributed by atoms with E-state index in [1.165, 1.54) is 5.56 Å². The van der Waals surface area contributed by atoms with E-state index in [4.69, 9.17) is 11.6 Å². The minimum atomic E-state index is -3.33. The Labute approximate surface area is 144 Å². The van der Waals surface area contributed by atoms with Gasteiger partial charge in [-0.3, -0.25) is 0 Å². The standard InChI is InChI=1S/C16H26ClN3O2S/c1-14(2)18-23(21,22)20-12-10-19(11-13-20)9-3-4-15-5-7-16(17)8-6-15/h5-8,14,18H,3-4,9-13H2,1-2H3. The van der Waals surface area contributed by atoms with Crippen LogP contribution in [-0.2, 0) is 16.6 Å². The number of aryl methyl sites for hydroxylation is 1. The zero-order chi connectivity index (χ0) is 16.9. The second-order valence-corrected chi connectivity index (χ2v) is 8.39. The normalized spacial score (nSPS) is 17.7. The summed E-state index contributed by atoms with van der Waals surface area (Å²) in [6.45, 7) is 7.37. The Kier molecular flexibility index (Phi) is 6.85. The maximum atomic E-state index is 12.1. The van der Waals surface area contributed by atoms with E-state index in [9.17, 15) is 8.42 Å². The summed E-state index contributed by atoms with van der Waals surface area (Å²) in [6.07, 6.45) is 2.09. The summed E-state index contributed by atoms with van der Waals surface area (Å²) in [5.41, 5.74) is 1.29. The van der Waals surface area contributed by atoms with Crippen LogP contribution in [-0.4, -0.2) is 56.4 Å². The van der Waals surface area contributed by atoms with Gasteiger partial charge in [0.15, 0.2) is 0 Å². The van der Waals surface area contributed by atoms with Crippen molar-refractivity contribution in [1.82, 2.24) is 13.9 Å². The van der Waals surface area contributed by atoms with Crippen LogP contribution < -0.4 is 4.72 Å². The zero-order valence-corrected chi connectivity index (χ0v) is 15.4. The minimum absolute atomic E-state index is 0.0718. The van der Waals surface area contributed by atoms with Crippen molar-refractivity contribution in [2.24, 2.45) is 0 Å². The lowest BCUT2D eigenvalue weighted by Crippen LogP contribution is -2.53. The van der Waals surface area contributed by atoms with Gasteiger partial charge in [-0.2, -0.15) is 17.4 Å².